The highest BCUT2D eigenvalue weighted by atomic mass is 15.0. The van der Waals surface area contributed by atoms with Crippen molar-refractivity contribution in [1.29, 1.82) is 5.41 Å². The number of aryl methyl sites for hydroxylation is 1. The van der Waals surface area contributed by atoms with Gasteiger partial charge in [-0.05, 0) is 82.3 Å². The van der Waals surface area contributed by atoms with Gasteiger partial charge in [-0.15, -0.1) is 0 Å². The Morgan fingerprint density at radius 3 is 1.79 bits per heavy atom. The zero-order chi connectivity index (χ0) is 37.2. The molecule has 1 aromatic heterocycles. The number of nitrogens with zero attached hydrogens (tertiary/aromatic N) is 1. The fourth-order valence-corrected chi connectivity index (χ4v) is 6.47. The van der Waals surface area contributed by atoms with Gasteiger partial charge in [-0.2, -0.15) is 0 Å². The van der Waals surface area contributed by atoms with Crippen molar-refractivity contribution in [2.75, 3.05) is 0 Å². The molecule has 0 fully saturated rings. The normalized spacial score (nSPS) is 11.5. The Bertz CT molecular complexity index is 2540. The van der Waals surface area contributed by atoms with Crippen LogP contribution >= 0.6 is 0 Å². The van der Waals surface area contributed by atoms with Crippen molar-refractivity contribution in [3.63, 3.8) is 0 Å². The van der Waals surface area contributed by atoms with Crippen LogP contribution in [0.2, 0.25) is 0 Å². The van der Waals surface area contributed by atoms with Crippen molar-refractivity contribution < 1.29 is 0 Å². The van der Waals surface area contributed by atoms with Crippen LogP contribution < -0.4 is 17.2 Å². The Hall–Kier alpha value is -6.69. The molecule has 0 saturated heterocycles. The number of allylic oxidation sites excluding steroid dienone is 2. The second-order valence-corrected chi connectivity index (χ2v) is 12.9. The third-order valence-corrected chi connectivity index (χ3v) is 9.18. The first kappa shape index (κ1) is 36.1. The summed E-state index contributed by atoms with van der Waals surface area (Å²) in [5.41, 5.74) is 28.3. The van der Waals surface area contributed by atoms with E-state index in [4.69, 9.17) is 22.6 Å². The zero-order valence-corrected chi connectivity index (χ0v) is 30.2. The zero-order valence-electron chi connectivity index (χ0n) is 30.2. The minimum Gasteiger partial charge on any atom is -0.403 e. The predicted molar refractivity (Wildman–Crippen MR) is 227 cm³/mol. The van der Waals surface area contributed by atoms with Gasteiger partial charge < -0.3 is 21.8 Å². The Balaban J connectivity index is 0.000000150. The first-order chi connectivity index (χ1) is 25.9. The van der Waals surface area contributed by atoms with Crippen molar-refractivity contribution >= 4 is 44.1 Å². The van der Waals surface area contributed by atoms with Crippen molar-refractivity contribution in [3.05, 3.63) is 199 Å². The molecule has 0 spiro atoms. The van der Waals surface area contributed by atoms with Gasteiger partial charge in [-0.1, -0.05) is 157 Å². The van der Waals surface area contributed by atoms with E-state index in [0.717, 1.165) is 16.7 Å². The summed E-state index contributed by atoms with van der Waals surface area (Å²) in [4.78, 5) is 0. The highest BCUT2D eigenvalue weighted by molar-refractivity contribution is 6.22. The molecule has 0 saturated carbocycles. The second-order valence-electron chi connectivity index (χ2n) is 12.9. The van der Waals surface area contributed by atoms with Crippen LogP contribution in [0.4, 0.5) is 0 Å². The molecule has 0 atom stereocenters. The van der Waals surface area contributed by atoms with Gasteiger partial charge in [0.2, 0.25) is 0 Å². The number of rotatable bonds is 6. The molecule has 0 radical (unpaired) electrons. The molecule has 0 aliphatic heterocycles. The van der Waals surface area contributed by atoms with E-state index in [0.29, 0.717) is 12.1 Å². The van der Waals surface area contributed by atoms with E-state index in [2.05, 4.69) is 139 Å². The molecule has 5 nitrogen and oxygen atoms in total. The fourth-order valence-electron chi connectivity index (χ4n) is 6.47. The molecular formula is C48H45N5. The van der Waals surface area contributed by atoms with E-state index < -0.39 is 0 Å². The van der Waals surface area contributed by atoms with Crippen LogP contribution in [0.15, 0.2) is 188 Å². The number of benzene rings is 7. The second kappa shape index (κ2) is 17.0. The maximum absolute atomic E-state index is 7.66. The molecule has 53 heavy (non-hydrogen) atoms. The van der Waals surface area contributed by atoms with Crippen LogP contribution in [0, 0.1) is 12.3 Å². The molecule has 0 bridgehead atoms. The average Bonchev–Trinajstić information content (AvgIpc) is 3.55. The number of para-hydroxylation sites is 1. The van der Waals surface area contributed by atoms with Crippen LogP contribution in [0.1, 0.15) is 18.1 Å². The molecule has 7 aromatic carbocycles. The number of nitrogens with one attached hydrogen (secondary N) is 1. The monoisotopic (exact) mass is 691 g/mol. The number of hydrogen-bond acceptors (Lipinski definition) is 3. The molecule has 8 aromatic rings. The molecule has 0 amide bonds. The van der Waals surface area contributed by atoms with Gasteiger partial charge in [-0.25, -0.2) is 0 Å². The number of aromatic nitrogens is 1. The molecule has 0 aliphatic rings. The summed E-state index contributed by atoms with van der Waals surface area (Å²) in [5.74, 6) is 0.0376. The van der Waals surface area contributed by atoms with Gasteiger partial charge in [0.25, 0.3) is 0 Å². The van der Waals surface area contributed by atoms with Crippen molar-refractivity contribution in [3.8, 4) is 22.3 Å². The fraction of sp³-hybridized carbons (Fsp3) is 0.0625. The molecule has 8 rings (SSSR count). The molecule has 5 heteroatoms. The number of amidine groups is 1. The van der Waals surface area contributed by atoms with Crippen molar-refractivity contribution in [1.82, 2.24) is 4.57 Å². The summed E-state index contributed by atoms with van der Waals surface area (Å²) in [5, 5.41) is 12.5. The first-order valence-corrected chi connectivity index (χ1v) is 17.7. The Labute approximate surface area is 311 Å². The van der Waals surface area contributed by atoms with Crippen LogP contribution in [-0.4, -0.2) is 10.4 Å². The van der Waals surface area contributed by atoms with Gasteiger partial charge in [0.1, 0.15) is 5.84 Å². The van der Waals surface area contributed by atoms with E-state index in [1.165, 1.54) is 54.9 Å². The lowest BCUT2D eigenvalue weighted by molar-refractivity contribution is 1.07. The standard InChI is InChI=1S/C22H20N4.C13H13N.C13H12/c1-14(22(24)25)12-16(13-23)26-19-9-5-4-8-18(19)21-17-7-3-2-6-15(17)10-11-20(21)26;14-10-11-5-4-8-13(9-11)12-6-2-1-3-7-12;1-11-6-5-9-13(10-11)12-7-3-2-4-8-12/h2-13H,23H2,1H3,(H3,24,25);1-9H,10,14H2;2-10H,1H3/b14-12+,16-13+;;. The predicted octanol–water partition coefficient (Wildman–Crippen LogP) is 11.1. The summed E-state index contributed by atoms with van der Waals surface area (Å²) in [6.07, 6.45) is 3.41. The lowest BCUT2D eigenvalue weighted by Gasteiger charge is -2.10. The lowest BCUT2D eigenvalue weighted by atomic mass is 10.0. The minimum absolute atomic E-state index is 0.0376. The van der Waals surface area contributed by atoms with E-state index in [9.17, 15) is 0 Å². The average molecular weight is 692 g/mol. The lowest BCUT2D eigenvalue weighted by Crippen LogP contribution is -2.11. The summed E-state index contributed by atoms with van der Waals surface area (Å²) < 4.78 is 2.13. The van der Waals surface area contributed by atoms with E-state index in [-0.39, 0.29) is 5.84 Å². The molecular weight excluding hydrogens is 647 g/mol. The van der Waals surface area contributed by atoms with Crippen LogP contribution in [-0.2, 0) is 6.54 Å². The number of nitrogens with two attached hydrogens (primary N) is 3. The maximum atomic E-state index is 7.66. The van der Waals surface area contributed by atoms with E-state index in [1.807, 2.05) is 55.5 Å². The molecule has 262 valence electrons. The van der Waals surface area contributed by atoms with Gasteiger partial charge in [0, 0.05) is 23.5 Å². The van der Waals surface area contributed by atoms with Gasteiger partial charge in [-0.3, -0.25) is 5.41 Å². The molecule has 1 heterocycles. The number of hydrogen-bond donors (Lipinski definition) is 4. The quantitative estimate of drug-likeness (QED) is 0.0792. The number of fused-ring (bicyclic) bond motifs is 5. The molecule has 7 N–H and O–H groups in total. The highest BCUT2D eigenvalue weighted by Crippen LogP contribution is 2.36. The third kappa shape index (κ3) is 8.45. The Kier molecular flexibility index (Phi) is 11.6. The topological polar surface area (TPSA) is 107 Å². The maximum Gasteiger partial charge on any atom is 0.118 e. The third-order valence-electron chi connectivity index (χ3n) is 9.18. The molecule has 0 unspecified atom stereocenters. The van der Waals surface area contributed by atoms with E-state index >= 15 is 0 Å². The highest BCUT2D eigenvalue weighted by Gasteiger charge is 2.15. The van der Waals surface area contributed by atoms with Crippen LogP contribution in [0.5, 0.6) is 0 Å². The van der Waals surface area contributed by atoms with Crippen LogP contribution in [0.3, 0.4) is 0 Å². The first-order valence-electron chi connectivity index (χ1n) is 17.7. The summed E-state index contributed by atoms with van der Waals surface area (Å²) in [6, 6.07) is 58.6. The summed E-state index contributed by atoms with van der Waals surface area (Å²) >= 11 is 0. The smallest absolute Gasteiger partial charge is 0.118 e. The Morgan fingerprint density at radius 2 is 1.17 bits per heavy atom. The van der Waals surface area contributed by atoms with Gasteiger partial charge in [0.05, 0.1) is 16.7 Å². The largest absolute Gasteiger partial charge is 0.403 e. The molecule has 0 aliphatic carbocycles. The summed E-state index contributed by atoms with van der Waals surface area (Å²) in [7, 11) is 0. The Morgan fingerprint density at radius 1 is 0.604 bits per heavy atom. The SMILES string of the molecule is C/C(=C\C(=C/N)n1c2ccccc2c2c3ccccc3ccc21)C(=N)N.Cc1cccc(-c2ccccc2)c1.NCc1cccc(-c2ccccc2)c1. The minimum atomic E-state index is 0.0376. The van der Waals surface area contributed by atoms with Gasteiger partial charge in [0.15, 0.2) is 0 Å². The van der Waals surface area contributed by atoms with Gasteiger partial charge >= 0.3 is 0 Å². The van der Waals surface area contributed by atoms with E-state index in [1.54, 1.807) is 6.20 Å². The van der Waals surface area contributed by atoms with Crippen molar-refractivity contribution in [2.45, 2.75) is 20.4 Å². The van der Waals surface area contributed by atoms with Crippen molar-refractivity contribution in [2.24, 2.45) is 17.2 Å². The summed E-state index contributed by atoms with van der Waals surface area (Å²) in [6.45, 7) is 4.53. The van der Waals surface area contributed by atoms with Crippen LogP contribution in [0.25, 0.3) is 60.5 Å².